The summed E-state index contributed by atoms with van der Waals surface area (Å²) in [5.74, 6) is 1.41. The zero-order valence-corrected chi connectivity index (χ0v) is 17.0. The minimum Gasteiger partial charge on any atom is -0.377 e. The van der Waals surface area contributed by atoms with Crippen LogP contribution in [-0.2, 0) is 4.74 Å². The Hall–Kier alpha value is -0.810. The standard InChI is InChI=1S/C19H40N4O/c1-8-20-17(21-11-12-23-19(5,6)7)22-14-15-10-9-13-24-16(15)18(2,3)4/h15-16,23H,8-14H2,1-7H3,(H2,20,21,22). The highest BCUT2D eigenvalue weighted by Crippen LogP contribution is 2.34. The maximum atomic E-state index is 6.06. The van der Waals surface area contributed by atoms with Crippen molar-refractivity contribution in [3.63, 3.8) is 0 Å². The van der Waals surface area contributed by atoms with Gasteiger partial charge in [0.15, 0.2) is 5.96 Å². The van der Waals surface area contributed by atoms with Crippen molar-refractivity contribution >= 4 is 5.96 Å². The number of hydrogen-bond acceptors (Lipinski definition) is 3. The quantitative estimate of drug-likeness (QED) is 0.395. The molecule has 0 aromatic carbocycles. The summed E-state index contributed by atoms with van der Waals surface area (Å²) in [6.07, 6.45) is 2.64. The van der Waals surface area contributed by atoms with E-state index in [1.165, 1.54) is 6.42 Å². The van der Waals surface area contributed by atoms with Gasteiger partial charge in [-0.3, -0.25) is 4.99 Å². The Balaban J connectivity index is 2.54. The third kappa shape index (κ3) is 8.34. The van der Waals surface area contributed by atoms with Gasteiger partial charge in [-0.1, -0.05) is 20.8 Å². The van der Waals surface area contributed by atoms with E-state index in [-0.39, 0.29) is 11.0 Å². The summed E-state index contributed by atoms with van der Waals surface area (Å²) in [5, 5.41) is 10.3. The van der Waals surface area contributed by atoms with Crippen molar-refractivity contribution in [1.82, 2.24) is 16.0 Å². The first-order valence-electron chi connectivity index (χ1n) is 9.52. The second-order valence-corrected chi connectivity index (χ2v) is 8.88. The third-order valence-electron chi connectivity index (χ3n) is 4.20. The average Bonchev–Trinajstić information content (AvgIpc) is 2.47. The molecule has 5 nitrogen and oxygen atoms in total. The SMILES string of the molecule is CCNC(=NCC1CCCOC1C(C)(C)C)NCCNC(C)(C)C. The van der Waals surface area contributed by atoms with Gasteiger partial charge in [-0.15, -0.1) is 0 Å². The minimum atomic E-state index is 0.149. The summed E-state index contributed by atoms with van der Waals surface area (Å²) in [5.41, 5.74) is 0.319. The molecule has 0 spiro atoms. The largest absolute Gasteiger partial charge is 0.377 e. The maximum absolute atomic E-state index is 6.06. The molecule has 0 aliphatic carbocycles. The predicted octanol–water partition coefficient (Wildman–Crippen LogP) is 2.77. The van der Waals surface area contributed by atoms with Crippen molar-refractivity contribution in [2.45, 2.75) is 73.0 Å². The number of hydrogen-bond donors (Lipinski definition) is 3. The van der Waals surface area contributed by atoms with Crippen molar-refractivity contribution in [1.29, 1.82) is 0 Å². The highest BCUT2D eigenvalue weighted by atomic mass is 16.5. The molecular formula is C19H40N4O. The number of rotatable bonds is 6. The highest BCUT2D eigenvalue weighted by molar-refractivity contribution is 5.79. The van der Waals surface area contributed by atoms with E-state index in [1.54, 1.807) is 0 Å². The highest BCUT2D eigenvalue weighted by Gasteiger charge is 2.35. The Bertz CT molecular complexity index is 382. The van der Waals surface area contributed by atoms with E-state index in [1.807, 2.05) is 0 Å². The first kappa shape index (κ1) is 21.2. The molecule has 0 bridgehead atoms. The fourth-order valence-corrected chi connectivity index (χ4v) is 3.16. The van der Waals surface area contributed by atoms with E-state index < -0.39 is 0 Å². The van der Waals surface area contributed by atoms with Crippen LogP contribution < -0.4 is 16.0 Å². The molecule has 1 heterocycles. The molecule has 2 unspecified atom stereocenters. The van der Waals surface area contributed by atoms with Gasteiger partial charge in [0.2, 0.25) is 0 Å². The molecular weight excluding hydrogens is 300 g/mol. The summed E-state index contributed by atoms with van der Waals surface area (Å²) in [7, 11) is 0. The molecule has 1 aliphatic rings. The van der Waals surface area contributed by atoms with Gasteiger partial charge in [0.25, 0.3) is 0 Å². The molecule has 0 aromatic heterocycles. The molecule has 24 heavy (non-hydrogen) atoms. The van der Waals surface area contributed by atoms with Gasteiger partial charge >= 0.3 is 0 Å². The van der Waals surface area contributed by atoms with E-state index >= 15 is 0 Å². The Morgan fingerprint density at radius 2 is 1.79 bits per heavy atom. The molecule has 1 saturated heterocycles. The zero-order chi connectivity index (χ0) is 18.2. The first-order valence-corrected chi connectivity index (χ1v) is 9.52. The van der Waals surface area contributed by atoms with Gasteiger partial charge in [0.1, 0.15) is 0 Å². The van der Waals surface area contributed by atoms with Gasteiger partial charge in [-0.2, -0.15) is 0 Å². The summed E-state index contributed by atoms with van der Waals surface area (Å²) >= 11 is 0. The van der Waals surface area contributed by atoms with E-state index in [0.29, 0.717) is 12.0 Å². The van der Waals surface area contributed by atoms with Crippen LogP contribution in [0.3, 0.4) is 0 Å². The van der Waals surface area contributed by atoms with Crippen LogP contribution in [0.5, 0.6) is 0 Å². The van der Waals surface area contributed by atoms with Crippen LogP contribution in [0.4, 0.5) is 0 Å². The molecule has 0 amide bonds. The van der Waals surface area contributed by atoms with Crippen LogP contribution in [0.1, 0.15) is 61.3 Å². The van der Waals surface area contributed by atoms with Crippen LogP contribution in [0, 0.1) is 11.3 Å². The van der Waals surface area contributed by atoms with Crippen molar-refractivity contribution < 1.29 is 4.74 Å². The van der Waals surface area contributed by atoms with Crippen LogP contribution in [0.2, 0.25) is 0 Å². The van der Waals surface area contributed by atoms with Crippen LogP contribution >= 0.6 is 0 Å². The second-order valence-electron chi connectivity index (χ2n) is 8.88. The summed E-state index contributed by atoms with van der Waals surface area (Å²) < 4.78 is 6.06. The lowest BCUT2D eigenvalue weighted by Crippen LogP contribution is -2.45. The topological polar surface area (TPSA) is 57.7 Å². The van der Waals surface area contributed by atoms with Crippen molar-refractivity contribution in [2.75, 3.05) is 32.8 Å². The average molecular weight is 341 g/mol. The van der Waals surface area contributed by atoms with Crippen LogP contribution in [-0.4, -0.2) is 50.4 Å². The predicted molar refractivity (Wildman–Crippen MR) is 104 cm³/mol. The third-order valence-corrected chi connectivity index (χ3v) is 4.20. The fourth-order valence-electron chi connectivity index (χ4n) is 3.16. The van der Waals surface area contributed by atoms with E-state index in [0.717, 1.165) is 45.2 Å². The van der Waals surface area contributed by atoms with Crippen LogP contribution in [0.25, 0.3) is 0 Å². The Kier molecular flexibility index (Phi) is 8.51. The summed E-state index contributed by atoms with van der Waals surface area (Å²) in [4.78, 5) is 4.82. The van der Waals surface area contributed by atoms with E-state index in [9.17, 15) is 0 Å². The van der Waals surface area contributed by atoms with Gasteiger partial charge in [-0.25, -0.2) is 0 Å². The zero-order valence-electron chi connectivity index (χ0n) is 17.0. The molecule has 2 atom stereocenters. The number of ether oxygens (including phenoxy) is 1. The Morgan fingerprint density at radius 3 is 2.38 bits per heavy atom. The van der Waals surface area contributed by atoms with E-state index in [4.69, 9.17) is 9.73 Å². The van der Waals surface area contributed by atoms with Crippen LogP contribution in [0.15, 0.2) is 4.99 Å². The lowest BCUT2D eigenvalue weighted by molar-refractivity contribution is -0.0823. The lowest BCUT2D eigenvalue weighted by Gasteiger charge is -2.39. The Morgan fingerprint density at radius 1 is 1.08 bits per heavy atom. The molecule has 0 radical (unpaired) electrons. The van der Waals surface area contributed by atoms with Crippen molar-refractivity contribution in [2.24, 2.45) is 16.3 Å². The fraction of sp³-hybridized carbons (Fsp3) is 0.947. The number of nitrogens with zero attached hydrogens (tertiary/aromatic N) is 1. The van der Waals surface area contributed by atoms with Gasteiger partial charge in [-0.05, 0) is 46.0 Å². The molecule has 142 valence electrons. The smallest absolute Gasteiger partial charge is 0.191 e. The molecule has 5 heteroatoms. The summed E-state index contributed by atoms with van der Waals surface area (Å²) in [6.45, 7) is 19.8. The minimum absolute atomic E-state index is 0.149. The Labute approximate surface area is 149 Å². The molecule has 3 N–H and O–H groups in total. The van der Waals surface area contributed by atoms with Gasteiger partial charge < -0.3 is 20.7 Å². The summed E-state index contributed by atoms with van der Waals surface area (Å²) in [6, 6.07) is 0. The molecule has 1 fully saturated rings. The molecule has 0 aromatic rings. The van der Waals surface area contributed by atoms with Crippen molar-refractivity contribution in [3.05, 3.63) is 0 Å². The van der Waals surface area contributed by atoms with E-state index in [2.05, 4.69) is 64.4 Å². The molecule has 0 saturated carbocycles. The number of aliphatic imine (C=N–C) groups is 1. The number of nitrogens with one attached hydrogen (secondary N) is 3. The van der Waals surface area contributed by atoms with Gasteiger partial charge in [0, 0.05) is 44.2 Å². The van der Waals surface area contributed by atoms with Crippen molar-refractivity contribution in [3.8, 4) is 0 Å². The lowest BCUT2D eigenvalue weighted by atomic mass is 9.78. The molecule has 1 aliphatic heterocycles. The molecule has 1 rings (SSSR count). The number of guanidine groups is 1. The second kappa shape index (κ2) is 9.62. The maximum Gasteiger partial charge on any atom is 0.191 e. The van der Waals surface area contributed by atoms with Gasteiger partial charge in [0.05, 0.1) is 6.10 Å². The monoisotopic (exact) mass is 340 g/mol. The first-order chi connectivity index (χ1) is 11.1. The normalized spacial score (nSPS) is 23.2.